The summed E-state index contributed by atoms with van der Waals surface area (Å²) in [6, 6.07) is 4.15. The maximum absolute atomic E-state index is 17.0. The van der Waals surface area contributed by atoms with E-state index >= 15 is 17.6 Å². The Balaban J connectivity index is 1.58. The van der Waals surface area contributed by atoms with Crippen molar-refractivity contribution in [3.8, 4) is 11.5 Å². The Hall–Kier alpha value is -3.23. The van der Waals surface area contributed by atoms with E-state index in [2.05, 4.69) is 13.8 Å². The van der Waals surface area contributed by atoms with E-state index in [4.69, 9.17) is 9.47 Å². The van der Waals surface area contributed by atoms with Crippen molar-refractivity contribution in [3.05, 3.63) is 91.7 Å². The van der Waals surface area contributed by atoms with Gasteiger partial charge in [-0.25, -0.2) is 0 Å². The van der Waals surface area contributed by atoms with Crippen molar-refractivity contribution >= 4 is 19.7 Å². The van der Waals surface area contributed by atoms with Gasteiger partial charge in [-0.3, -0.25) is 0 Å². The van der Waals surface area contributed by atoms with E-state index in [0.29, 0.717) is 20.6 Å². The number of halogens is 4. The summed E-state index contributed by atoms with van der Waals surface area (Å²) >= 11 is -5.21. The Morgan fingerprint density at radius 1 is 0.527 bits per heavy atom. The minimum atomic E-state index is -5.21. The van der Waals surface area contributed by atoms with Crippen LogP contribution in [0.4, 0.5) is 17.6 Å². The first kappa shape index (κ1) is 44.5. The molecule has 0 bridgehead atoms. The second-order valence-corrected chi connectivity index (χ2v) is 20.9. The zero-order chi connectivity index (χ0) is 39.5. The standard InChI is InChI=1S/2C18H25F2O2.2C5H5.Ti/c2*1-2-3-4-5-6-7-8-9-10-11-18(21)22-17-13-12-15(19)14-16(17)20;2*1-2-4-5-3-1;/h2*12-13H,2-11H2,1H3;2*1-3H,4H2;. The Kier molecular flexibility index (Phi) is 19.2. The molecule has 0 unspecified atom stereocenters. The van der Waals surface area contributed by atoms with Gasteiger partial charge in [0.05, 0.1) is 0 Å². The molecule has 0 aliphatic heterocycles. The van der Waals surface area contributed by atoms with Gasteiger partial charge in [-0.15, -0.1) is 0 Å². The number of hydrogen-bond acceptors (Lipinski definition) is 4. The number of carbonyl (C=O) groups excluding carboxylic acids is 2. The van der Waals surface area contributed by atoms with Crippen molar-refractivity contribution < 1.29 is 53.2 Å². The van der Waals surface area contributed by atoms with Gasteiger partial charge in [-0.2, -0.15) is 0 Å². The molecule has 2 aromatic carbocycles. The quantitative estimate of drug-likeness (QED) is 0.0313. The molecule has 2 aromatic rings. The number of esters is 2. The summed E-state index contributed by atoms with van der Waals surface area (Å²) in [7, 11) is 0. The number of rotatable bonds is 26. The molecule has 0 heterocycles. The molecule has 0 atom stereocenters. The van der Waals surface area contributed by atoms with Crippen molar-refractivity contribution in [3.63, 3.8) is 0 Å². The molecule has 0 N–H and O–H groups in total. The van der Waals surface area contributed by atoms with Crippen molar-refractivity contribution in [1.29, 1.82) is 0 Å². The molecule has 4 nitrogen and oxygen atoms in total. The molecule has 0 fully saturated rings. The number of ether oxygens (including phenoxy) is 2. The van der Waals surface area contributed by atoms with Crippen LogP contribution in [0.5, 0.6) is 11.5 Å². The fourth-order valence-corrected chi connectivity index (χ4v) is 16.1. The van der Waals surface area contributed by atoms with Gasteiger partial charge in [0, 0.05) is 0 Å². The van der Waals surface area contributed by atoms with Gasteiger partial charge in [-0.05, 0) is 0 Å². The second-order valence-electron chi connectivity index (χ2n) is 15.0. The van der Waals surface area contributed by atoms with Gasteiger partial charge in [0.2, 0.25) is 0 Å². The van der Waals surface area contributed by atoms with Crippen LogP contribution >= 0.6 is 0 Å². The second kappa shape index (κ2) is 23.8. The Labute approximate surface area is 329 Å². The van der Waals surface area contributed by atoms with Gasteiger partial charge in [0.25, 0.3) is 0 Å². The number of benzene rings is 2. The Morgan fingerprint density at radius 3 is 1.20 bits per heavy atom. The van der Waals surface area contributed by atoms with Crippen LogP contribution in [-0.2, 0) is 26.2 Å². The van der Waals surface area contributed by atoms with E-state index in [1.165, 1.54) is 51.4 Å². The van der Waals surface area contributed by atoms with Crippen molar-refractivity contribution in [2.45, 2.75) is 155 Å². The topological polar surface area (TPSA) is 52.6 Å². The average Bonchev–Trinajstić information content (AvgIpc) is 3.92. The summed E-state index contributed by atoms with van der Waals surface area (Å²) in [5.41, 5.74) is 0. The Morgan fingerprint density at radius 2 is 0.873 bits per heavy atom. The summed E-state index contributed by atoms with van der Waals surface area (Å²) in [6.45, 7) is 4.37. The summed E-state index contributed by atoms with van der Waals surface area (Å²) < 4.78 is 77.8. The predicted molar refractivity (Wildman–Crippen MR) is 211 cm³/mol. The van der Waals surface area contributed by atoms with Gasteiger partial charge < -0.3 is 0 Å². The van der Waals surface area contributed by atoms with E-state index in [9.17, 15) is 9.59 Å². The summed E-state index contributed by atoms with van der Waals surface area (Å²) in [5.74, 6) is -6.52. The predicted octanol–water partition coefficient (Wildman–Crippen LogP) is 12.7. The fraction of sp³-hybridized carbons (Fsp3) is 0.522. The minimum absolute atomic E-state index is 0.0639. The molecule has 55 heavy (non-hydrogen) atoms. The molecule has 2 aliphatic rings. The third-order valence-electron chi connectivity index (χ3n) is 10.8. The first-order valence-electron chi connectivity index (χ1n) is 20.9. The number of hydrogen-bond donors (Lipinski definition) is 0. The van der Waals surface area contributed by atoms with Gasteiger partial charge in [0.15, 0.2) is 0 Å². The van der Waals surface area contributed by atoms with Crippen LogP contribution in [0.1, 0.15) is 155 Å². The van der Waals surface area contributed by atoms with Gasteiger partial charge in [-0.1, -0.05) is 52.4 Å². The van der Waals surface area contributed by atoms with Crippen LogP contribution in [0.25, 0.3) is 0 Å². The Bertz CT molecular complexity index is 1570. The molecule has 0 saturated heterocycles. The van der Waals surface area contributed by atoms with E-state index in [1.54, 1.807) is 36.5 Å². The fourth-order valence-electron chi connectivity index (χ4n) is 7.84. The van der Waals surface area contributed by atoms with E-state index in [-0.39, 0.29) is 25.7 Å². The van der Waals surface area contributed by atoms with E-state index in [1.807, 2.05) is 0 Å². The molecule has 300 valence electrons. The van der Waals surface area contributed by atoms with Gasteiger partial charge >= 0.3 is 279 Å². The third-order valence-corrected chi connectivity index (χ3v) is 18.7. The summed E-state index contributed by atoms with van der Waals surface area (Å²) in [5, 5.41) is 0. The zero-order valence-electron chi connectivity index (χ0n) is 33.0. The number of allylic oxidation sites excluding steroid dienone is 8. The molecule has 0 aromatic heterocycles. The molecular weight excluding hydrogens is 740 g/mol. The van der Waals surface area contributed by atoms with Gasteiger partial charge in [0.1, 0.15) is 0 Å². The van der Waals surface area contributed by atoms with Crippen LogP contribution in [-0.4, -0.2) is 11.9 Å². The number of carbonyl (C=O) groups is 2. The molecule has 0 amide bonds. The normalized spacial score (nSPS) is 13.7. The zero-order valence-corrected chi connectivity index (χ0v) is 34.5. The van der Waals surface area contributed by atoms with Crippen molar-refractivity contribution in [2.24, 2.45) is 0 Å². The van der Waals surface area contributed by atoms with Crippen molar-refractivity contribution in [1.82, 2.24) is 0 Å². The van der Waals surface area contributed by atoms with E-state index in [0.717, 1.165) is 75.6 Å². The van der Waals surface area contributed by atoms with Crippen LogP contribution in [0, 0.1) is 23.3 Å². The van der Waals surface area contributed by atoms with E-state index < -0.39 is 71.0 Å². The SMILES string of the molecule is CCCCCCCCCCCC(=O)Oc1ccc(F)[c]([Ti]([C]2=CC=CC2)([C]2=CC=CC2)[c]2c(F)ccc(OC(=O)CCCCCCCCCCC)c2F)c1F. The monoisotopic (exact) mass is 800 g/mol. The number of unbranched alkanes of at least 4 members (excludes halogenated alkanes) is 16. The summed E-state index contributed by atoms with van der Waals surface area (Å²) in [4.78, 5) is 25.9. The molecule has 4 rings (SSSR count). The first-order valence-corrected chi connectivity index (χ1v) is 24.0. The van der Waals surface area contributed by atoms with Crippen LogP contribution in [0.2, 0.25) is 0 Å². The first-order chi connectivity index (χ1) is 26.7. The van der Waals surface area contributed by atoms with Crippen molar-refractivity contribution in [2.75, 3.05) is 0 Å². The third kappa shape index (κ3) is 12.4. The summed E-state index contributed by atoms with van der Waals surface area (Å²) in [6.07, 6.45) is 30.0. The average molecular weight is 801 g/mol. The maximum atomic E-state index is 17.0. The molecule has 0 radical (unpaired) electrons. The molecule has 0 spiro atoms. The molecule has 2 aliphatic carbocycles. The van der Waals surface area contributed by atoms with Crippen LogP contribution < -0.4 is 17.2 Å². The molecular formula is C46H60F4O4Ti. The molecule has 0 saturated carbocycles. The molecule has 9 heteroatoms. The van der Waals surface area contributed by atoms with Crippen LogP contribution in [0.15, 0.2) is 68.5 Å². The van der Waals surface area contributed by atoms with Crippen LogP contribution in [0.3, 0.4) is 0 Å².